The third kappa shape index (κ3) is 19.0. The number of hydrogen-bond donors (Lipinski definition) is 0. The predicted molar refractivity (Wildman–Crippen MR) is 381 cm³/mol. The molecule has 6 saturated carbocycles. The lowest BCUT2D eigenvalue weighted by Gasteiger charge is -2.41. The maximum absolute atomic E-state index is 14.6. The van der Waals surface area contributed by atoms with Gasteiger partial charge in [0.05, 0.1) is 0 Å². The van der Waals surface area contributed by atoms with Crippen LogP contribution < -0.4 is 10.0 Å². The molecule has 8 aliphatic rings. The molecule has 0 spiro atoms. The van der Waals surface area contributed by atoms with Gasteiger partial charge in [0, 0.05) is 71.4 Å². The molecule has 0 aliphatic heterocycles. The largest absolute Gasteiger partial charge is 0.874 e. The Morgan fingerprint density at radius 3 is 1.27 bits per heavy atom. The van der Waals surface area contributed by atoms with Gasteiger partial charge in [-0.1, -0.05) is 299 Å². The van der Waals surface area contributed by atoms with Crippen molar-refractivity contribution in [1.82, 2.24) is 0 Å². The van der Waals surface area contributed by atoms with E-state index in [4.69, 9.17) is 0 Å². The van der Waals surface area contributed by atoms with Gasteiger partial charge in [0.1, 0.15) is 0 Å². The quantitative estimate of drug-likeness (QED) is 0.0451. The summed E-state index contributed by atoms with van der Waals surface area (Å²) in [5.41, 5.74) is 9.27. The molecule has 0 radical (unpaired) electrons. The van der Waals surface area contributed by atoms with E-state index in [1.807, 2.05) is 0 Å². The Morgan fingerprint density at radius 1 is 0.411 bits per heavy atom. The van der Waals surface area contributed by atoms with Gasteiger partial charge in [-0.2, -0.15) is 4.58 Å². The minimum absolute atomic E-state index is 0.0138. The minimum atomic E-state index is -0.649. The van der Waals surface area contributed by atoms with Crippen molar-refractivity contribution in [2.75, 3.05) is 4.90 Å². The van der Waals surface area contributed by atoms with E-state index in [9.17, 15) is 9.90 Å². The SMILES string of the molecule is O=C1C(c2ccc(N(c3ccc(C4CCCCC4)cc3)C(CCCCCCCCCCC3CCCCC3)C3CCCCC3)cc2)=C([O-])C1C1C=CC(=[N+](c2ccc(C3CCCCC3)cc2)C(CCCCCCCCCCC2CCCCC2)C2CCCCC2)C=C1. The van der Waals surface area contributed by atoms with Gasteiger partial charge >= 0.3 is 0 Å². The number of nitrogens with zero attached hydrogens (tertiary/aromatic N) is 2. The molecule has 0 N–H and O–H groups in total. The summed E-state index contributed by atoms with van der Waals surface area (Å²) in [7, 11) is 0. The molecule has 492 valence electrons. The summed E-state index contributed by atoms with van der Waals surface area (Å²) in [4.78, 5) is 17.3. The average molecular weight is 1220 g/mol. The molecule has 3 aromatic rings. The topological polar surface area (TPSA) is 46.4 Å². The average Bonchev–Trinajstić information content (AvgIpc) is 0.788. The van der Waals surface area contributed by atoms with Crippen LogP contribution in [-0.2, 0) is 4.79 Å². The number of allylic oxidation sites excluding steroid dienone is 6. The molecular weight excluding hydrogens is 1090 g/mol. The first kappa shape index (κ1) is 67.2. The van der Waals surface area contributed by atoms with Crippen LogP contribution >= 0.6 is 0 Å². The number of rotatable bonds is 33. The van der Waals surface area contributed by atoms with Crippen molar-refractivity contribution in [3.05, 3.63) is 120 Å². The summed E-state index contributed by atoms with van der Waals surface area (Å²) >= 11 is 0. The normalized spacial score (nSPS) is 22.9. The fourth-order valence-corrected chi connectivity index (χ4v) is 19.4. The highest BCUT2D eigenvalue weighted by Crippen LogP contribution is 2.45. The number of unbranched alkanes of at least 4 members (excludes halogenated alkanes) is 14. The van der Waals surface area contributed by atoms with Crippen LogP contribution in [0.3, 0.4) is 0 Å². The monoisotopic (exact) mass is 1220 g/mol. The number of carbonyl (C=O) groups is 1. The van der Waals surface area contributed by atoms with Crippen LogP contribution in [0.15, 0.2) is 103 Å². The summed E-state index contributed by atoms with van der Waals surface area (Å²) in [6, 6.07) is 29.2. The molecule has 6 fully saturated rings. The van der Waals surface area contributed by atoms with E-state index >= 15 is 0 Å². The molecule has 3 aromatic carbocycles. The zero-order valence-electron chi connectivity index (χ0n) is 57.1. The van der Waals surface area contributed by atoms with E-state index in [1.54, 1.807) is 0 Å². The van der Waals surface area contributed by atoms with Crippen LogP contribution in [-0.4, -0.2) is 28.2 Å². The Morgan fingerprint density at radius 2 is 0.800 bits per heavy atom. The number of carbonyl (C=O) groups excluding carboxylic acids is 1. The Bertz CT molecular complexity index is 2660. The van der Waals surface area contributed by atoms with Gasteiger partial charge in [0.15, 0.2) is 11.8 Å². The number of hydrogen-bond acceptors (Lipinski definition) is 3. The highest BCUT2D eigenvalue weighted by atomic mass is 16.3. The van der Waals surface area contributed by atoms with E-state index in [2.05, 4.69) is 107 Å². The van der Waals surface area contributed by atoms with Gasteiger partial charge in [-0.15, -0.1) is 5.76 Å². The zero-order chi connectivity index (χ0) is 61.4. The van der Waals surface area contributed by atoms with Crippen LogP contribution in [0.1, 0.15) is 350 Å². The molecule has 0 heterocycles. The first-order chi connectivity index (χ1) is 44.6. The molecule has 0 aromatic heterocycles. The molecule has 4 heteroatoms. The van der Waals surface area contributed by atoms with E-state index in [0.29, 0.717) is 41.3 Å². The summed E-state index contributed by atoms with van der Waals surface area (Å²) in [6.45, 7) is 0. The third-order valence-electron chi connectivity index (χ3n) is 24.9. The second-order valence-electron chi connectivity index (χ2n) is 31.2. The molecule has 0 bridgehead atoms. The molecule has 90 heavy (non-hydrogen) atoms. The lowest BCUT2D eigenvalue weighted by Crippen LogP contribution is -2.41. The highest BCUT2D eigenvalue weighted by molar-refractivity contribution is 6.29. The van der Waals surface area contributed by atoms with Crippen molar-refractivity contribution < 1.29 is 14.5 Å². The highest BCUT2D eigenvalue weighted by Gasteiger charge is 2.41. The van der Waals surface area contributed by atoms with Crippen molar-refractivity contribution in [1.29, 1.82) is 0 Å². The van der Waals surface area contributed by atoms with Crippen molar-refractivity contribution in [2.45, 2.75) is 345 Å². The molecule has 11 rings (SSSR count). The van der Waals surface area contributed by atoms with Crippen LogP contribution in [0.4, 0.5) is 17.1 Å². The maximum Gasteiger partial charge on any atom is 0.205 e. The summed E-state index contributed by atoms with van der Waals surface area (Å²) in [5, 5.41) is 14.6. The van der Waals surface area contributed by atoms with E-state index in [-0.39, 0.29) is 17.5 Å². The molecule has 4 nitrogen and oxygen atoms in total. The number of Topliss-reactive ketones (excluding diaryl/α,β-unsaturated/α-hetero) is 1. The van der Waals surface area contributed by atoms with Gasteiger partial charge in [-0.25, -0.2) is 0 Å². The predicted octanol–water partition coefficient (Wildman–Crippen LogP) is 24.6. The van der Waals surface area contributed by atoms with Crippen LogP contribution in [0.5, 0.6) is 0 Å². The lowest BCUT2D eigenvalue weighted by molar-refractivity contribution is -0.497. The van der Waals surface area contributed by atoms with Crippen LogP contribution in [0.2, 0.25) is 0 Å². The molecule has 3 unspecified atom stereocenters. The smallest absolute Gasteiger partial charge is 0.205 e. The Hall–Kier alpha value is -4.18. The van der Waals surface area contributed by atoms with Gasteiger partial charge in [-0.05, 0) is 135 Å². The Balaban J connectivity index is 0.770. The number of anilines is 2. The molecule has 8 aliphatic carbocycles. The van der Waals surface area contributed by atoms with E-state index in [0.717, 1.165) is 17.4 Å². The summed E-state index contributed by atoms with van der Waals surface area (Å²) in [5.74, 6) is 3.89. The number of ketones is 1. The lowest BCUT2D eigenvalue weighted by atomic mass is 9.71. The van der Waals surface area contributed by atoms with Gasteiger partial charge in [0.25, 0.3) is 0 Å². The van der Waals surface area contributed by atoms with E-state index < -0.39 is 5.92 Å². The van der Waals surface area contributed by atoms with Crippen molar-refractivity contribution in [2.24, 2.45) is 35.5 Å². The summed E-state index contributed by atoms with van der Waals surface area (Å²) in [6.07, 6.45) is 78.0. The minimum Gasteiger partial charge on any atom is -0.874 e. The third-order valence-corrected chi connectivity index (χ3v) is 24.9. The fraction of sp³-hybridized carbons (Fsp3) is 0.698. The second kappa shape index (κ2) is 36.5. The number of benzene rings is 3. The van der Waals surface area contributed by atoms with E-state index in [1.165, 1.54) is 355 Å². The standard InChI is InChI=1S/C86H126N2O2/c89-85-83(75-55-63-79(64-56-75)87(77-59-51-71(52-60-77)69-41-25-15-26-42-69)81(73-45-29-17-30-46-73)49-33-11-7-3-1-5-9-19-35-67-37-21-13-22-38-67)86(90)84(85)76-57-65-80(66-58-76)88(78-61-53-72(54-62-78)70-43-27-16-28-44-70)82(74-47-31-18-32-48-74)50-34-12-8-4-2-6-10-20-36-68-39-23-14-24-40-68/h51-70,73-75,81-83H,1-50H2. The fourth-order valence-electron chi connectivity index (χ4n) is 19.4. The molecule has 0 saturated heterocycles. The Labute approximate surface area is 550 Å². The molecule has 0 amide bonds. The Kier molecular flexibility index (Phi) is 27.3. The van der Waals surface area contributed by atoms with Gasteiger partial charge < -0.3 is 10.0 Å². The van der Waals surface area contributed by atoms with Gasteiger partial charge in [-0.3, -0.25) is 4.79 Å². The van der Waals surface area contributed by atoms with Crippen LogP contribution in [0, 0.1) is 35.5 Å². The van der Waals surface area contributed by atoms with Crippen LogP contribution in [0.25, 0.3) is 5.57 Å². The molecule has 3 atom stereocenters. The van der Waals surface area contributed by atoms with Gasteiger partial charge in [0.2, 0.25) is 11.4 Å². The maximum atomic E-state index is 14.6. The molecular formula is C86H126N2O2. The first-order valence-corrected chi connectivity index (χ1v) is 39.6. The van der Waals surface area contributed by atoms with Crippen molar-refractivity contribution >= 4 is 34.1 Å². The second-order valence-corrected chi connectivity index (χ2v) is 31.2. The first-order valence-electron chi connectivity index (χ1n) is 39.6. The van der Waals surface area contributed by atoms with Crippen molar-refractivity contribution in [3.63, 3.8) is 0 Å². The summed E-state index contributed by atoms with van der Waals surface area (Å²) < 4.78 is 2.73. The zero-order valence-corrected chi connectivity index (χ0v) is 57.1. The van der Waals surface area contributed by atoms with Crippen molar-refractivity contribution in [3.8, 4) is 0 Å².